The smallest absolute Gasteiger partial charge is 0.322 e. The average molecular weight is 394 g/mol. The Balaban J connectivity index is 1.43. The molecular formula is C22H23N3O2S. The van der Waals surface area contributed by atoms with Gasteiger partial charge in [-0.3, -0.25) is 0 Å². The Labute approximate surface area is 169 Å². The van der Waals surface area contributed by atoms with Crippen molar-refractivity contribution in [3.63, 3.8) is 0 Å². The second kappa shape index (κ2) is 8.44. The maximum absolute atomic E-state index is 12.9. The van der Waals surface area contributed by atoms with Crippen molar-refractivity contribution >= 4 is 23.1 Å². The number of ether oxygens (including phenoxy) is 1. The number of carbonyl (C=O) groups is 1. The van der Waals surface area contributed by atoms with Gasteiger partial charge in [0.2, 0.25) is 0 Å². The van der Waals surface area contributed by atoms with Gasteiger partial charge in [0.05, 0.1) is 17.2 Å². The zero-order valence-electron chi connectivity index (χ0n) is 15.8. The predicted octanol–water partition coefficient (Wildman–Crippen LogP) is 5.40. The number of benzene rings is 2. The van der Waals surface area contributed by atoms with E-state index in [4.69, 9.17) is 4.74 Å². The Morgan fingerprint density at radius 3 is 3.00 bits per heavy atom. The third kappa shape index (κ3) is 4.17. The van der Waals surface area contributed by atoms with Gasteiger partial charge in [-0.25, -0.2) is 9.78 Å². The van der Waals surface area contributed by atoms with E-state index < -0.39 is 0 Å². The molecule has 6 heteroatoms. The highest BCUT2D eigenvalue weighted by atomic mass is 32.1. The monoisotopic (exact) mass is 393 g/mol. The van der Waals surface area contributed by atoms with E-state index in [0.717, 1.165) is 30.8 Å². The molecule has 2 aromatic carbocycles. The number of hydrogen-bond acceptors (Lipinski definition) is 4. The summed E-state index contributed by atoms with van der Waals surface area (Å²) in [6.07, 6.45) is 2.01. The van der Waals surface area contributed by atoms with E-state index in [1.54, 1.807) is 16.8 Å². The van der Waals surface area contributed by atoms with Crippen LogP contribution in [0.25, 0.3) is 0 Å². The van der Waals surface area contributed by atoms with Crippen LogP contribution in [-0.2, 0) is 6.61 Å². The predicted molar refractivity (Wildman–Crippen MR) is 112 cm³/mol. The summed E-state index contributed by atoms with van der Waals surface area (Å²) in [5, 5.41) is 4.99. The largest absolute Gasteiger partial charge is 0.487 e. The molecule has 2 amide bonds. The van der Waals surface area contributed by atoms with Crippen LogP contribution in [0.2, 0.25) is 0 Å². The van der Waals surface area contributed by atoms with Crippen LogP contribution in [-0.4, -0.2) is 22.5 Å². The van der Waals surface area contributed by atoms with Crippen molar-refractivity contribution in [2.24, 2.45) is 0 Å². The number of nitrogens with one attached hydrogen (secondary N) is 1. The third-order valence-corrected chi connectivity index (χ3v) is 5.65. The van der Waals surface area contributed by atoms with Gasteiger partial charge >= 0.3 is 6.03 Å². The summed E-state index contributed by atoms with van der Waals surface area (Å²) in [5.74, 6) is 0.711. The molecule has 2 heterocycles. The molecule has 1 aliphatic rings. The standard InChI is InChI=1S/C22H23N3O2S/c1-16-6-2-3-9-20(16)21-10-5-11-25(21)22(26)24-17-7-4-8-19(12-17)27-13-18-14-28-15-23-18/h2-4,6-9,12,14-15,21H,5,10-11,13H2,1H3,(H,24,26)/t21-/m0/s1. The van der Waals surface area contributed by atoms with Crippen LogP contribution in [0.5, 0.6) is 5.75 Å². The number of aromatic nitrogens is 1. The SMILES string of the molecule is Cc1ccccc1[C@@H]1CCCN1C(=O)Nc1cccc(OCc2cscn2)c1. The fourth-order valence-electron chi connectivity index (χ4n) is 3.62. The minimum Gasteiger partial charge on any atom is -0.487 e. The van der Waals surface area contributed by atoms with Gasteiger partial charge in [0.15, 0.2) is 0 Å². The van der Waals surface area contributed by atoms with Crippen LogP contribution in [0.1, 0.15) is 35.7 Å². The van der Waals surface area contributed by atoms with Crippen molar-refractivity contribution in [3.8, 4) is 5.75 Å². The molecule has 0 bridgehead atoms. The molecule has 1 aromatic heterocycles. The average Bonchev–Trinajstić information content (AvgIpc) is 3.39. The van der Waals surface area contributed by atoms with Crippen molar-refractivity contribution in [3.05, 3.63) is 76.2 Å². The van der Waals surface area contributed by atoms with Crippen molar-refractivity contribution in [1.29, 1.82) is 0 Å². The molecule has 28 heavy (non-hydrogen) atoms. The maximum Gasteiger partial charge on any atom is 0.322 e. The zero-order chi connectivity index (χ0) is 19.3. The number of thiazole rings is 1. The summed E-state index contributed by atoms with van der Waals surface area (Å²) in [5.41, 5.74) is 5.88. The molecule has 1 aliphatic heterocycles. The number of amides is 2. The van der Waals surface area contributed by atoms with Crippen LogP contribution in [0, 0.1) is 6.92 Å². The maximum atomic E-state index is 12.9. The van der Waals surface area contributed by atoms with E-state index in [0.29, 0.717) is 12.4 Å². The molecule has 0 radical (unpaired) electrons. The van der Waals surface area contributed by atoms with Gasteiger partial charge in [-0.1, -0.05) is 30.3 Å². The molecule has 5 nitrogen and oxygen atoms in total. The number of urea groups is 1. The van der Waals surface area contributed by atoms with Crippen molar-refractivity contribution in [2.75, 3.05) is 11.9 Å². The Morgan fingerprint density at radius 1 is 1.29 bits per heavy atom. The molecular weight excluding hydrogens is 370 g/mol. The number of carbonyl (C=O) groups excluding carboxylic acids is 1. The first kappa shape index (κ1) is 18.5. The third-order valence-electron chi connectivity index (χ3n) is 5.02. The molecule has 1 N–H and O–H groups in total. The van der Waals surface area contributed by atoms with Crippen LogP contribution < -0.4 is 10.1 Å². The lowest BCUT2D eigenvalue weighted by Gasteiger charge is -2.26. The highest BCUT2D eigenvalue weighted by Crippen LogP contribution is 2.34. The molecule has 1 atom stereocenters. The number of aryl methyl sites for hydroxylation is 1. The second-order valence-corrected chi connectivity index (χ2v) is 7.65. The van der Waals surface area contributed by atoms with Crippen molar-refractivity contribution in [1.82, 2.24) is 9.88 Å². The van der Waals surface area contributed by atoms with E-state index in [1.807, 2.05) is 46.7 Å². The minimum atomic E-state index is -0.0672. The van der Waals surface area contributed by atoms with E-state index >= 15 is 0 Å². The molecule has 1 fully saturated rings. The van der Waals surface area contributed by atoms with E-state index in [2.05, 4.69) is 29.4 Å². The van der Waals surface area contributed by atoms with Gasteiger partial charge in [-0.05, 0) is 43.0 Å². The van der Waals surface area contributed by atoms with Gasteiger partial charge in [-0.15, -0.1) is 11.3 Å². The highest BCUT2D eigenvalue weighted by molar-refractivity contribution is 7.07. The van der Waals surface area contributed by atoms with Gasteiger partial charge in [0.25, 0.3) is 0 Å². The number of likely N-dealkylation sites (tertiary alicyclic amines) is 1. The molecule has 3 aromatic rings. The summed E-state index contributed by atoms with van der Waals surface area (Å²) in [6, 6.07) is 15.9. The highest BCUT2D eigenvalue weighted by Gasteiger charge is 2.30. The van der Waals surface area contributed by atoms with Crippen LogP contribution in [0.15, 0.2) is 59.4 Å². The van der Waals surface area contributed by atoms with Gasteiger partial charge in [0.1, 0.15) is 12.4 Å². The summed E-state index contributed by atoms with van der Waals surface area (Å²) in [4.78, 5) is 19.1. The lowest BCUT2D eigenvalue weighted by Crippen LogP contribution is -2.34. The Bertz CT molecular complexity index is 942. The second-order valence-electron chi connectivity index (χ2n) is 6.93. The number of rotatable bonds is 5. The first-order chi connectivity index (χ1) is 13.7. The molecule has 0 aliphatic carbocycles. The molecule has 0 saturated carbocycles. The molecule has 4 rings (SSSR count). The Kier molecular flexibility index (Phi) is 5.58. The molecule has 1 saturated heterocycles. The number of anilines is 1. The van der Waals surface area contributed by atoms with Crippen molar-refractivity contribution in [2.45, 2.75) is 32.4 Å². The lowest BCUT2D eigenvalue weighted by molar-refractivity contribution is 0.207. The van der Waals surface area contributed by atoms with Crippen LogP contribution in [0.3, 0.4) is 0 Å². The first-order valence-electron chi connectivity index (χ1n) is 9.44. The molecule has 0 spiro atoms. The fraction of sp³-hybridized carbons (Fsp3) is 0.273. The van der Waals surface area contributed by atoms with Crippen LogP contribution >= 0.6 is 11.3 Å². The lowest BCUT2D eigenvalue weighted by atomic mass is 9.99. The fourth-order valence-corrected chi connectivity index (χ4v) is 4.16. The molecule has 144 valence electrons. The molecule has 0 unspecified atom stereocenters. The van der Waals surface area contributed by atoms with Gasteiger partial charge < -0.3 is 15.0 Å². The summed E-state index contributed by atoms with van der Waals surface area (Å²) < 4.78 is 5.78. The Hall–Kier alpha value is -2.86. The summed E-state index contributed by atoms with van der Waals surface area (Å²) in [6.45, 7) is 3.29. The quantitative estimate of drug-likeness (QED) is 0.631. The van der Waals surface area contributed by atoms with Crippen LogP contribution in [0.4, 0.5) is 10.5 Å². The van der Waals surface area contributed by atoms with E-state index in [1.165, 1.54) is 11.1 Å². The topological polar surface area (TPSA) is 54.5 Å². The van der Waals surface area contributed by atoms with E-state index in [9.17, 15) is 4.79 Å². The van der Waals surface area contributed by atoms with Gasteiger partial charge in [-0.2, -0.15) is 0 Å². The summed E-state index contributed by atoms with van der Waals surface area (Å²) in [7, 11) is 0. The van der Waals surface area contributed by atoms with Crippen molar-refractivity contribution < 1.29 is 9.53 Å². The van der Waals surface area contributed by atoms with E-state index in [-0.39, 0.29) is 12.1 Å². The first-order valence-corrected chi connectivity index (χ1v) is 10.4. The minimum absolute atomic E-state index is 0.0672. The number of hydrogen-bond donors (Lipinski definition) is 1. The zero-order valence-corrected chi connectivity index (χ0v) is 16.6. The summed E-state index contributed by atoms with van der Waals surface area (Å²) >= 11 is 1.55. The number of nitrogens with zero attached hydrogens (tertiary/aromatic N) is 2. The normalized spacial score (nSPS) is 16.2. The Morgan fingerprint density at radius 2 is 2.18 bits per heavy atom. The van der Waals surface area contributed by atoms with Gasteiger partial charge in [0, 0.05) is 23.7 Å².